The normalized spacial score (nSPS) is 29.5. The highest BCUT2D eigenvalue weighted by Crippen LogP contribution is 2.64. The Morgan fingerprint density at radius 1 is 0.800 bits per heavy atom. The molecule has 0 saturated carbocycles. The third-order valence-corrected chi connectivity index (χ3v) is 18.0. The molecule has 6 aliphatic rings. The van der Waals surface area contributed by atoms with E-state index in [4.69, 9.17) is 0 Å². The average Bonchev–Trinajstić information content (AvgIpc) is 3.44. The molecule has 2 heterocycles. The Morgan fingerprint density at radius 3 is 2.22 bits per heavy atom. The second-order valence-corrected chi connectivity index (χ2v) is 23.7. The van der Waals surface area contributed by atoms with Gasteiger partial charge in [-0.3, -0.25) is 0 Å². The lowest BCUT2D eigenvalue weighted by Gasteiger charge is -2.52. The first kappa shape index (κ1) is 32.5. The van der Waals surface area contributed by atoms with Crippen molar-refractivity contribution in [2.45, 2.75) is 97.1 Å². The van der Waals surface area contributed by atoms with Crippen molar-refractivity contribution in [2.75, 3.05) is 0 Å². The van der Waals surface area contributed by atoms with Gasteiger partial charge in [0.2, 0.25) is 6.71 Å². The van der Waals surface area contributed by atoms with Gasteiger partial charge in [0, 0.05) is 5.92 Å². The summed E-state index contributed by atoms with van der Waals surface area (Å²) in [6.45, 7) is 20.3. The second kappa shape index (κ2) is 11.3. The Hall–Kier alpha value is -3.36. The average molecular weight is 671 g/mol. The van der Waals surface area contributed by atoms with E-state index >= 15 is 0 Å². The van der Waals surface area contributed by atoms with Crippen molar-refractivity contribution in [2.24, 2.45) is 29.1 Å². The van der Waals surface area contributed by atoms with Crippen LogP contribution in [0.1, 0.15) is 101 Å². The summed E-state index contributed by atoms with van der Waals surface area (Å²) in [7, 11) is -1.93. The van der Waals surface area contributed by atoms with Crippen LogP contribution in [-0.2, 0) is 5.41 Å². The van der Waals surface area contributed by atoms with Crippen molar-refractivity contribution in [3.8, 4) is 0 Å². The van der Waals surface area contributed by atoms with Crippen LogP contribution in [0, 0.1) is 29.1 Å². The number of hydrogen-bond acceptors (Lipinski definition) is 0. The first-order chi connectivity index (χ1) is 23.8. The lowest BCUT2D eigenvalue weighted by molar-refractivity contribution is 0.227. The summed E-state index contributed by atoms with van der Waals surface area (Å²) in [5, 5.41) is 3.33. The van der Waals surface area contributed by atoms with Crippen molar-refractivity contribution in [3.63, 3.8) is 0 Å². The highest BCUT2D eigenvalue weighted by atomic mass is 28.3. The summed E-state index contributed by atoms with van der Waals surface area (Å²) in [6.07, 6.45) is 19.2. The Bertz CT molecular complexity index is 2010. The molecule has 0 aromatic heterocycles. The number of allylic oxidation sites excluding steroid dienone is 10. The van der Waals surface area contributed by atoms with Gasteiger partial charge in [-0.25, -0.2) is 0 Å². The second-order valence-electron chi connectivity index (χ2n) is 19.3. The molecule has 254 valence electrons. The summed E-state index contributed by atoms with van der Waals surface area (Å²) in [4.78, 5) is 0. The molecule has 2 heteroatoms. The Morgan fingerprint density at radius 2 is 1.52 bits per heavy atom. The maximum atomic E-state index is 2.81. The fraction of sp³-hybridized carbons (Fsp3) is 0.417. The lowest BCUT2D eigenvalue weighted by atomic mass is 9.24. The molecular weight excluding hydrogens is 615 g/mol. The maximum absolute atomic E-state index is 2.81. The minimum atomic E-state index is -1.93. The van der Waals surface area contributed by atoms with Gasteiger partial charge in [0.15, 0.2) is 0 Å². The van der Waals surface area contributed by atoms with E-state index in [1.165, 1.54) is 24.0 Å². The van der Waals surface area contributed by atoms with Gasteiger partial charge in [-0.1, -0.05) is 191 Å². The van der Waals surface area contributed by atoms with Gasteiger partial charge in [0.05, 0.1) is 0 Å². The fourth-order valence-corrected chi connectivity index (χ4v) is 14.1. The third kappa shape index (κ3) is 4.83. The van der Waals surface area contributed by atoms with Crippen LogP contribution in [0.3, 0.4) is 0 Å². The molecule has 0 bridgehead atoms. The molecule has 7 atom stereocenters. The quantitative estimate of drug-likeness (QED) is 0.192. The molecule has 3 aromatic carbocycles. The zero-order valence-corrected chi connectivity index (χ0v) is 32.6. The predicted octanol–water partition coefficient (Wildman–Crippen LogP) is 10.9. The zero-order valence-electron chi connectivity index (χ0n) is 31.6. The van der Waals surface area contributed by atoms with Crippen molar-refractivity contribution >= 4 is 25.4 Å². The molecule has 0 fully saturated rings. The van der Waals surface area contributed by atoms with E-state index in [0.29, 0.717) is 48.1 Å². The molecule has 0 nitrogen and oxygen atoms in total. The van der Waals surface area contributed by atoms with Gasteiger partial charge < -0.3 is 0 Å². The van der Waals surface area contributed by atoms with Crippen LogP contribution in [0.25, 0.3) is 0 Å². The molecule has 3 aromatic rings. The molecule has 9 rings (SSSR count). The highest BCUT2D eigenvalue weighted by molar-refractivity contribution is 6.96. The molecule has 0 N–H and O–H groups in total. The van der Waals surface area contributed by atoms with Gasteiger partial charge in [-0.15, -0.1) is 0 Å². The summed E-state index contributed by atoms with van der Waals surface area (Å²) in [6, 6.07) is 28.6. The summed E-state index contributed by atoms with van der Waals surface area (Å²) < 4.78 is 0. The van der Waals surface area contributed by atoms with Crippen LogP contribution in [0.2, 0.25) is 13.1 Å². The van der Waals surface area contributed by atoms with Gasteiger partial charge in [-0.05, 0) is 93.4 Å². The SMILES string of the molecule is CC(C)(C)c1cc2c3c(c1)C1CC(C(C)(C)C)C=CC1C3C1CC([Si](C)(C)c3ccccc3)=CC3=C1B2C1=CC=CCC1C3c1ccccc1. The van der Waals surface area contributed by atoms with Crippen molar-refractivity contribution in [1.82, 2.24) is 0 Å². The van der Waals surface area contributed by atoms with E-state index in [9.17, 15) is 0 Å². The largest absolute Gasteiger partial charge is 0.234 e. The molecule has 0 radical (unpaired) electrons. The Labute approximate surface area is 303 Å². The van der Waals surface area contributed by atoms with Crippen LogP contribution >= 0.6 is 0 Å². The molecule has 4 aliphatic carbocycles. The first-order valence-corrected chi connectivity index (χ1v) is 22.6. The molecule has 0 saturated heterocycles. The van der Waals surface area contributed by atoms with E-state index in [-0.39, 0.29) is 10.8 Å². The van der Waals surface area contributed by atoms with Crippen LogP contribution < -0.4 is 10.6 Å². The molecule has 2 aliphatic heterocycles. The molecule has 0 spiro atoms. The molecular formula is C48H55BSi. The zero-order chi connectivity index (χ0) is 34.7. The van der Waals surface area contributed by atoms with E-state index in [0.717, 1.165) is 6.42 Å². The highest BCUT2D eigenvalue weighted by Gasteiger charge is 2.58. The van der Waals surface area contributed by atoms with Gasteiger partial charge in [-0.2, -0.15) is 0 Å². The smallest absolute Gasteiger partial charge is 0.0867 e. The summed E-state index contributed by atoms with van der Waals surface area (Å²) >= 11 is 0. The Kier molecular flexibility index (Phi) is 7.37. The van der Waals surface area contributed by atoms with Crippen LogP contribution in [0.4, 0.5) is 0 Å². The first-order valence-electron chi connectivity index (χ1n) is 19.6. The Balaban J connectivity index is 1.35. The fourth-order valence-electron chi connectivity index (χ4n) is 11.4. The van der Waals surface area contributed by atoms with Crippen molar-refractivity contribution in [1.29, 1.82) is 0 Å². The van der Waals surface area contributed by atoms with Crippen molar-refractivity contribution < 1.29 is 0 Å². The number of rotatable bonds is 3. The van der Waals surface area contributed by atoms with E-state index < -0.39 is 8.07 Å². The van der Waals surface area contributed by atoms with E-state index in [1.54, 1.807) is 43.5 Å². The minimum absolute atomic E-state index is 0.105. The van der Waals surface area contributed by atoms with Gasteiger partial charge in [0.1, 0.15) is 8.07 Å². The number of fused-ring (bicyclic) bond motifs is 7. The maximum Gasteiger partial charge on any atom is 0.234 e. The van der Waals surface area contributed by atoms with E-state index in [1.807, 2.05) is 0 Å². The third-order valence-electron chi connectivity index (χ3n) is 14.2. The summed E-state index contributed by atoms with van der Waals surface area (Å²) in [5.41, 5.74) is 13.7. The van der Waals surface area contributed by atoms with Gasteiger partial charge in [0.25, 0.3) is 0 Å². The number of benzene rings is 3. The predicted molar refractivity (Wildman–Crippen MR) is 217 cm³/mol. The minimum Gasteiger partial charge on any atom is -0.0867 e. The standard InChI is InChI=1S/C48H55BSi/c1-47(2,3)31-23-24-35-37(25-31)38-26-32(48(4,5)6)27-42-45(38)44(35)40-29-34(50(7,8)33-19-13-10-14-20-33)28-39-43(30-17-11-9-12-18-30)36-21-15-16-22-41(36)49(42)46(39)40/h9-20,22-24,26-28,31,35-37,40,43-44H,21,25,29H2,1-8H3. The molecule has 7 unspecified atom stereocenters. The number of hydrogen-bond donors (Lipinski definition) is 0. The van der Waals surface area contributed by atoms with Crippen LogP contribution in [0.15, 0.2) is 131 Å². The molecule has 50 heavy (non-hydrogen) atoms. The topological polar surface area (TPSA) is 0 Å². The summed E-state index contributed by atoms with van der Waals surface area (Å²) in [5.74, 6) is 3.77. The van der Waals surface area contributed by atoms with Crippen molar-refractivity contribution in [3.05, 3.63) is 153 Å². The lowest BCUT2D eigenvalue weighted by Crippen LogP contribution is -2.55. The van der Waals surface area contributed by atoms with Crippen LogP contribution in [-0.4, -0.2) is 14.8 Å². The van der Waals surface area contributed by atoms with Crippen LogP contribution in [0.5, 0.6) is 0 Å². The monoisotopic (exact) mass is 670 g/mol. The van der Waals surface area contributed by atoms with Gasteiger partial charge >= 0.3 is 0 Å². The molecule has 0 amide bonds. The van der Waals surface area contributed by atoms with E-state index in [2.05, 4.69) is 164 Å².